The molecule has 0 aliphatic carbocycles. The first kappa shape index (κ1) is 15.1. The van der Waals surface area contributed by atoms with Gasteiger partial charge >= 0.3 is 5.69 Å². The van der Waals surface area contributed by atoms with Gasteiger partial charge in [-0.15, -0.1) is 0 Å². The van der Waals surface area contributed by atoms with Gasteiger partial charge < -0.3 is 4.57 Å². The molecule has 7 heteroatoms. The van der Waals surface area contributed by atoms with Crippen LogP contribution in [0.15, 0.2) is 33.9 Å². The first-order valence-corrected chi connectivity index (χ1v) is 8.87. The first-order valence-electron chi connectivity index (χ1n) is 6.70. The van der Waals surface area contributed by atoms with Crippen molar-refractivity contribution in [2.24, 2.45) is 7.05 Å². The minimum Gasteiger partial charge on any atom is -0.301 e. The van der Waals surface area contributed by atoms with Gasteiger partial charge in [-0.1, -0.05) is 0 Å². The number of hydrogen-bond donors (Lipinski definition) is 0. The molecule has 0 saturated heterocycles. The van der Waals surface area contributed by atoms with Crippen LogP contribution < -0.4 is 11.2 Å². The predicted molar refractivity (Wildman–Crippen MR) is 92.4 cm³/mol. The number of aromatic nitrogens is 3. The number of benzene rings is 1. The van der Waals surface area contributed by atoms with E-state index in [-0.39, 0.29) is 11.2 Å². The van der Waals surface area contributed by atoms with Crippen LogP contribution in [0.3, 0.4) is 0 Å². The van der Waals surface area contributed by atoms with Crippen LogP contribution in [0.4, 0.5) is 0 Å². The van der Waals surface area contributed by atoms with Crippen LogP contribution in [0.5, 0.6) is 0 Å². The van der Waals surface area contributed by atoms with Crippen molar-refractivity contribution in [3.05, 3.63) is 56.5 Å². The van der Waals surface area contributed by atoms with Crippen LogP contribution in [-0.2, 0) is 12.8 Å². The number of nitrogens with zero attached hydrogens (tertiary/aromatic N) is 3. The maximum absolute atomic E-state index is 12.4. The number of hydrogen-bond acceptors (Lipinski definition) is 5. The zero-order valence-electron chi connectivity index (χ0n) is 12.5. The molecule has 0 radical (unpaired) electrons. The first-order chi connectivity index (χ1) is 10.5. The van der Waals surface area contributed by atoms with Crippen molar-refractivity contribution < 1.29 is 0 Å². The van der Waals surface area contributed by atoms with E-state index in [2.05, 4.69) is 4.37 Å². The lowest BCUT2D eigenvalue weighted by atomic mass is 10.2. The summed E-state index contributed by atoms with van der Waals surface area (Å²) >= 11 is 3.13. The fraction of sp³-hybridized carbons (Fsp3) is 0.267. The summed E-state index contributed by atoms with van der Waals surface area (Å²) in [6, 6.07) is 7.06. The Bertz CT molecular complexity index is 969. The molecule has 2 aromatic heterocycles. The van der Waals surface area contributed by atoms with Gasteiger partial charge in [0, 0.05) is 29.9 Å². The third-order valence-corrected chi connectivity index (χ3v) is 5.05. The molecule has 0 saturated carbocycles. The average molecular weight is 333 g/mol. The van der Waals surface area contributed by atoms with Gasteiger partial charge in [0.2, 0.25) is 0 Å². The van der Waals surface area contributed by atoms with E-state index in [0.717, 1.165) is 21.5 Å². The van der Waals surface area contributed by atoms with Crippen molar-refractivity contribution in [1.82, 2.24) is 13.5 Å². The molecule has 0 aliphatic rings. The van der Waals surface area contributed by atoms with E-state index in [1.807, 2.05) is 18.4 Å². The van der Waals surface area contributed by atoms with Crippen molar-refractivity contribution in [3.63, 3.8) is 0 Å². The summed E-state index contributed by atoms with van der Waals surface area (Å²) in [5.74, 6) is 0.810. The highest BCUT2D eigenvalue weighted by Gasteiger charge is 2.11. The molecule has 0 spiro atoms. The van der Waals surface area contributed by atoms with Crippen molar-refractivity contribution in [3.8, 4) is 5.69 Å². The number of fused-ring (bicyclic) bond motifs is 1. The number of aryl methyl sites for hydroxylation is 1. The fourth-order valence-electron chi connectivity index (χ4n) is 2.33. The normalized spacial score (nSPS) is 11.2. The lowest BCUT2D eigenvalue weighted by Gasteiger charge is -2.09. The Morgan fingerprint density at radius 3 is 2.77 bits per heavy atom. The Morgan fingerprint density at radius 2 is 2.05 bits per heavy atom. The summed E-state index contributed by atoms with van der Waals surface area (Å²) < 4.78 is 8.18. The fourth-order valence-corrected chi connectivity index (χ4v) is 3.68. The van der Waals surface area contributed by atoms with Gasteiger partial charge in [0.1, 0.15) is 0 Å². The maximum Gasteiger partial charge on any atom is 0.335 e. The molecule has 0 atom stereocenters. The van der Waals surface area contributed by atoms with E-state index in [9.17, 15) is 9.59 Å². The molecule has 22 heavy (non-hydrogen) atoms. The highest BCUT2D eigenvalue weighted by atomic mass is 32.2. The van der Waals surface area contributed by atoms with Crippen LogP contribution in [-0.4, -0.2) is 19.8 Å². The van der Waals surface area contributed by atoms with Gasteiger partial charge in [-0.05, 0) is 42.9 Å². The molecule has 3 rings (SSSR count). The molecule has 0 amide bonds. The summed E-state index contributed by atoms with van der Waals surface area (Å²) in [5.41, 5.74) is 1.58. The Kier molecular flexibility index (Phi) is 3.92. The van der Waals surface area contributed by atoms with Crippen LogP contribution in [0, 0.1) is 6.92 Å². The Labute approximate surface area is 135 Å². The molecule has 0 N–H and O–H groups in total. The van der Waals surface area contributed by atoms with Crippen molar-refractivity contribution in [1.29, 1.82) is 0 Å². The van der Waals surface area contributed by atoms with E-state index in [0.29, 0.717) is 11.4 Å². The van der Waals surface area contributed by atoms with Crippen LogP contribution in [0.1, 0.15) is 11.4 Å². The molecule has 3 aromatic rings. The van der Waals surface area contributed by atoms with E-state index >= 15 is 0 Å². The second-order valence-electron chi connectivity index (χ2n) is 5.04. The molecular formula is C15H15N3O2S2. The third-order valence-electron chi connectivity index (χ3n) is 3.63. The SMILES string of the molecule is CSCc1nsc2ccc(-n3c(=O)cc(C)n(C)c3=O)cc12. The average Bonchev–Trinajstić information content (AvgIpc) is 2.88. The zero-order valence-corrected chi connectivity index (χ0v) is 14.1. The predicted octanol–water partition coefficient (Wildman–Crippen LogP) is 2.32. The highest BCUT2D eigenvalue weighted by molar-refractivity contribution is 7.97. The minimum absolute atomic E-state index is 0.311. The molecular weight excluding hydrogens is 318 g/mol. The van der Waals surface area contributed by atoms with Gasteiger partial charge in [0.15, 0.2) is 0 Å². The topological polar surface area (TPSA) is 56.9 Å². The van der Waals surface area contributed by atoms with Gasteiger partial charge in [0.05, 0.1) is 16.1 Å². The van der Waals surface area contributed by atoms with Crippen molar-refractivity contribution in [2.45, 2.75) is 12.7 Å². The molecule has 0 unspecified atom stereocenters. The van der Waals surface area contributed by atoms with Crippen molar-refractivity contribution in [2.75, 3.05) is 6.26 Å². The van der Waals surface area contributed by atoms with E-state index < -0.39 is 0 Å². The van der Waals surface area contributed by atoms with Crippen LogP contribution in [0.25, 0.3) is 15.8 Å². The quantitative estimate of drug-likeness (QED) is 0.738. The lowest BCUT2D eigenvalue weighted by Crippen LogP contribution is -2.38. The number of thioether (sulfide) groups is 1. The molecule has 5 nitrogen and oxygen atoms in total. The van der Waals surface area contributed by atoms with E-state index in [1.54, 1.807) is 31.8 Å². The zero-order chi connectivity index (χ0) is 15.9. The largest absolute Gasteiger partial charge is 0.335 e. The molecule has 1 aromatic carbocycles. The van der Waals surface area contributed by atoms with E-state index in [1.165, 1.54) is 26.7 Å². The second-order valence-corrected chi connectivity index (χ2v) is 6.71. The summed E-state index contributed by atoms with van der Waals surface area (Å²) in [5, 5.41) is 1.01. The molecule has 114 valence electrons. The summed E-state index contributed by atoms with van der Waals surface area (Å²) in [7, 11) is 1.66. The molecule has 0 bridgehead atoms. The molecule has 2 heterocycles. The Morgan fingerprint density at radius 1 is 1.27 bits per heavy atom. The standard InChI is InChI=1S/C15H15N3O2S2/c1-9-6-14(19)18(15(20)17(9)2)10-4-5-13-11(7-10)12(8-21-3)16-22-13/h4-7H,8H2,1-3H3. The Hall–Kier alpha value is -1.86. The number of rotatable bonds is 3. The van der Waals surface area contributed by atoms with Gasteiger partial charge in [0.25, 0.3) is 5.56 Å². The van der Waals surface area contributed by atoms with Gasteiger partial charge in [-0.2, -0.15) is 16.1 Å². The summed E-state index contributed by atoms with van der Waals surface area (Å²) in [6.07, 6.45) is 2.02. The van der Waals surface area contributed by atoms with Crippen LogP contribution in [0.2, 0.25) is 0 Å². The molecule has 0 fully saturated rings. The minimum atomic E-state index is -0.334. The van der Waals surface area contributed by atoms with Gasteiger partial charge in [-0.3, -0.25) is 4.79 Å². The second kappa shape index (κ2) is 5.73. The smallest absolute Gasteiger partial charge is 0.301 e. The van der Waals surface area contributed by atoms with Crippen molar-refractivity contribution >= 4 is 33.4 Å². The monoisotopic (exact) mass is 333 g/mol. The maximum atomic E-state index is 12.4. The lowest BCUT2D eigenvalue weighted by molar-refractivity contribution is 0.714. The third kappa shape index (κ3) is 2.40. The van der Waals surface area contributed by atoms with Gasteiger partial charge in [-0.25, -0.2) is 9.36 Å². The summed E-state index contributed by atoms with van der Waals surface area (Å²) in [6.45, 7) is 1.75. The van der Waals surface area contributed by atoms with E-state index in [4.69, 9.17) is 0 Å². The highest BCUT2D eigenvalue weighted by Crippen LogP contribution is 2.26. The van der Waals surface area contributed by atoms with Crippen LogP contribution >= 0.6 is 23.3 Å². The Balaban J connectivity index is 2.27. The molecule has 0 aliphatic heterocycles. The summed E-state index contributed by atoms with van der Waals surface area (Å²) in [4.78, 5) is 24.6.